The van der Waals surface area contributed by atoms with Gasteiger partial charge < -0.3 is 59.8 Å². The molecule has 0 aromatic heterocycles. The molecule has 0 unspecified atom stereocenters. The summed E-state index contributed by atoms with van der Waals surface area (Å²) in [5.41, 5.74) is -0.694. The predicted octanol–water partition coefficient (Wildman–Crippen LogP) is -0.906. The second-order valence-corrected chi connectivity index (χ2v) is 15.0. The molecule has 13 nitrogen and oxygen atoms in total. The van der Waals surface area contributed by atoms with Gasteiger partial charge in [0.25, 0.3) is 0 Å². The molecule has 17 atom stereocenters. The molecule has 45 heavy (non-hydrogen) atoms. The van der Waals surface area contributed by atoms with Gasteiger partial charge in [0.2, 0.25) is 6.29 Å². The maximum atomic E-state index is 14.0. The number of aliphatic hydroxyl groups is 8. The summed E-state index contributed by atoms with van der Waals surface area (Å²) in [6.07, 6.45) is -8.85. The number of ether oxygens (including phenoxy) is 4. The highest BCUT2D eigenvalue weighted by molar-refractivity contribution is 5.77. The number of hydrogen-bond donors (Lipinski definition) is 8. The Morgan fingerprint density at radius 1 is 0.800 bits per heavy atom. The number of esters is 1. The highest BCUT2D eigenvalue weighted by atomic mass is 16.7. The lowest BCUT2D eigenvalue weighted by molar-refractivity contribution is -0.321. The molecular formula is C32H50O13. The van der Waals surface area contributed by atoms with E-state index in [2.05, 4.69) is 13.5 Å². The Bertz CT molecular complexity index is 1130. The summed E-state index contributed by atoms with van der Waals surface area (Å²) in [4.78, 5) is 14.0. The Hall–Kier alpha value is -1.23. The monoisotopic (exact) mass is 642 g/mol. The molecule has 2 aliphatic heterocycles. The minimum Gasteiger partial charge on any atom is -0.432 e. The van der Waals surface area contributed by atoms with E-state index in [0.717, 1.165) is 37.7 Å². The molecule has 4 aliphatic carbocycles. The Balaban J connectivity index is 1.25. The Morgan fingerprint density at radius 2 is 1.40 bits per heavy atom. The predicted molar refractivity (Wildman–Crippen MR) is 154 cm³/mol. The van der Waals surface area contributed by atoms with Gasteiger partial charge in [0, 0.05) is 5.41 Å². The lowest BCUT2D eigenvalue weighted by Gasteiger charge is -2.64. The van der Waals surface area contributed by atoms with Crippen molar-refractivity contribution in [3.05, 3.63) is 12.2 Å². The maximum absolute atomic E-state index is 14.0. The van der Waals surface area contributed by atoms with Crippen molar-refractivity contribution in [3.8, 4) is 0 Å². The van der Waals surface area contributed by atoms with Gasteiger partial charge in [0.15, 0.2) is 6.29 Å². The van der Waals surface area contributed by atoms with Crippen LogP contribution in [0.2, 0.25) is 0 Å². The first-order chi connectivity index (χ1) is 21.2. The quantitative estimate of drug-likeness (QED) is 0.130. The molecule has 0 aromatic carbocycles. The van der Waals surface area contributed by atoms with E-state index in [1.807, 2.05) is 6.92 Å². The van der Waals surface area contributed by atoms with Crippen LogP contribution in [0.25, 0.3) is 0 Å². The molecule has 13 heteroatoms. The van der Waals surface area contributed by atoms with Crippen LogP contribution in [-0.2, 0) is 23.7 Å². The fraction of sp³-hybridized carbons (Fsp3) is 0.906. The zero-order chi connectivity index (χ0) is 32.6. The van der Waals surface area contributed by atoms with Gasteiger partial charge in [-0.1, -0.05) is 19.9 Å². The molecule has 1 spiro atoms. The second kappa shape index (κ2) is 12.0. The first-order valence-corrected chi connectivity index (χ1v) is 16.4. The molecule has 0 radical (unpaired) electrons. The fourth-order valence-corrected chi connectivity index (χ4v) is 10.5. The van der Waals surface area contributed by atoms with Crippen molar-refractivity contribution in [1.29, 1.82) is 0 Å². The maximum Gasteiger partial charge on any atom is 0.314 e. The van der Waals surface area contributed by atoms with Crippen LogP contribution in [0.15, 0.2) is 12.2 Å². The standard InChI is InChI=1S/C32H50O13/c1-14-15-5-6-19-30(2)8-4-9-31(3,29(41)45-28-25(40)23(38)21(36)17(13-34)43-28)18(30)7-10-32(19,11-15)26(14)44-27-24(39)22(37)20(35)16(12-33)42-27/h15-28,33-40H,1,4-13H2,2-3H3/t15-,16-,17-,18+,19+,20-,21-,22+,23+,24-,25-,26-,27+,28+,30-,31+,32-/m1/s1. The Morgan fingerprint density at radius 3 is 2.02 bits per heavy atom. The minimum atomic E-state index is -1.68. The highest BCUT2D eigenvalue weighted by Gasteiger charge is 2.69. The Kier molecular flexibility index (Phi) is 9.00. The van der Waals surface area contributed by atoms with Crippen molar-refractivity contribution in [1.82, 2.24) is 0 Å². The third kappa shape index (κ3) is 5.04. The third-order valence-electron chi connectivity index (χ3n) is 12.8. The number of aliphatic hydroxyl groups excluding tert-OH is 8. The summed E-state index contributed by atoms with van der Waals surface area (Å²) in [5, 5.41) is 81.7. The van der Waals surface area contributed by atoms with Crippen molar-refractivity contribution >= 4 is 5.97 Å². The van der Waals surface area contributed by atoms with Gasteiger partial charge in [-0.3, -0.25) is 4.79 Å². The van der Waals surface area contributed by atoms with Crippen molar-refractivity contribution in [2.45, 2.75) is 133 Å². The number of carbonyl (C=O) groups excluding carboxylic acids is 1. The lowest BCUT2D eigenvalue weighted by Crippen LogP contribution is -2.63. The van der Waals surface area contributed by atoms with Crippen LogP contribution in [0.4, 0.5) is 0 Å². The van der Waals surface area contributed by atoms with Crippen LogP contribution in [0.1, 0.15) is 65.2 Å². The van der Waals surface area contributed by atoms with Gasteiger partial charge in [0.05, 0.1) is 24.7 Å². The molecule has 256 valence electrons. The summed E-state index contributed by atoms with van der Waals surface area (Å²) in [7, 11) is 0. The van der Waals surface area contributed by atoms with Gasteiger partial charge in [-0.25, -0.2) is 0 Å². The van der Waals surface area contributed by atoms with Crippen LogP contribution < -0.4 is 0 Å². The number of carbonyl (C=O) groups is 1. The number of rotatable bonds is 6. The third-order valence-corrected chi connectivity index (χ3v) is 12.8. The van der Waals surface area contributed by atoms with E-state index in [0.29, 0.717) is 19.3 Å². The minimum absolute atomic E-state index is 0.0925. The van der Waals surface area contributed by atoms with Crippen molar-refractivity contribution in [3.63, 3.8) is 0 Å². The van der Waals surface area contributed by atoms with E-state index in [-0.39, 0.29) is 28.6 Å². The van der Waals surface area contributed by atoms with E-state index in [9.17, 15) is 45.6 Å². The van der Waals surface area contributed by atoms with Gasteiger partial charge in [0.1, 0.15) is 48.8 Å². The molecule has 6 rings (SSSR count). The SMILES string of the molecule is C=C1[C@@H]2CC[C@H]3[C@]4(C)CCC[C@](C)(C(=O)O[C@@H]5O[C@H](CO)[C@@H](O)[C@H](O)[C@H]5O)[C@H]4CC[C@]3(C2)[C@@H]1O[C@@H]1O[C@H](CO)[C@@H](O)[C@H](O)[C@H]1O. The molecule has 4 saturated carbocycles. The fourth-order valence-electron chi connectivity index (χ4n) is 10.5. The summed E-state index contributed by atoms with van der Waals surface area (Å²) in [5.74, 6) is -0.321. The average molecular weight is 643 g/mol. The topological polar surface area (TPSA) is 216 Å². The zero-order valence-corrected chi connectivity index (χ0v) is 26.0. The number of fused-ring (bicyclic) bond motifs is 3. The van der Waals surface area contributed by atoms with Crippen LogP contribution in [0, 0.1) is 34.0 Å². The first kappa shape index (κ1) is 33.7. The normalized spacial score (nSPS) is 54.7. The second-order valence-electron chi connectivity index (χ2n) is 15.0. The molecular weight excluding hydrogens is 592 g/mol. The Labute approximate surface area is 262 Å². The molecule has 2 heterocycles. The molecule has 2 saturated heterocycles. The smallest absolute Gasteiger partial charge is 0.314 e. The summed E-state index contributed by atoms with van der Waals surface area (Å²) >= 11 is 0. The largest absolute Gasteiger partial charge is 0.432 e. The first-order valence-electron chi connectivity index (χ1n) is 16.4. The van der Waals surface area contributed by atoms with E-state index >= 15 is 0 Å². The highest BCUT2D eigenvalue weighted by Crippen LogP contribution is 2.73. The van der Waals surface area contributed by atoms with E-state index < -0.39 is 92.1 Å². The molecule has 6 aliphatic rings. The van der Waals surface area contributed by atoms with Crippen LogP contribution in [-0.4, -0.2) is 128 Å². The van der Waals surface area contributed by atoms with Crippen molar-refractivity contribution in [2.24, 2.45) is 34.0 Å². The van der Waals surface area contributed by atoms with Crippen molar-refractivity contribution in [2.75, 3.05) is 13.2 Å². The van der Waals surface area contributed by atoms with Gasteiger partial charge >= 0.3 is 5.97 Å². The molecule has 0 amide bonds. The van der Waals surface area contributed by atoms with Gasteiger partial charge in [-0.05, 0) is 80.6 Å². The van der Waals surface area contributed by atoms with Gasteiger partial charge in [-0.15, -0.1) is 0 Å². The van der Waals surface area contributed by atoms with E-state index in [1.165, 1.54) is 0 Å². The molecule has 6 fully saturated rings. The number of hydrogen-bond acceptors (Lipinski definition) is 13. The van der Waals surface area contributed by atoms with Crippen LogP contribution in [0.3, 0.4) is 0 Å². The summed E-state index contributed by atoms with van der Waals surface area (Å²) in [6.45, 7) is 7.36. The lowest BCUT2D eigenvalue weighted by atomic mass is 9.40. The molecule has 2 bridgehead atoms. The van der Waals surface area contributed by atoms with Crippen LogP contribution in [0.5, 0.6) is 0 Å². The average Bonchev–Trinajstić information content (AvgIpc) is 3.20. The summed E-state index contributed by atoms with van der Waals surface area (Å²) in [6, 6.07) is 0. The molecule has 0 aromatic rings. The zero-order valence-electron chi connectivity index (χ0n) is 26.0. The summed E-state index contributed by atoms with van der Waals surface area (Å²) < 4.78 is 23.5. The van der Waals surface area contributed by atoms with E-state index in [1.54, 1.807) is 0 Å². The molecule has 8 N–H and O–H groups in total. The van der Waals surface area contributed by atoms with E-state index in [4.69, 9.17) is 18.9 Å². The van der Waals surface area contributed by atoms with Crippen LogP contribution >= 0.6 is 0 Å². The van der Waals surface area contributed by atoms with Crippen molar-refractivity contribution < 1.29 is 64.6 Å². The van der Waals surface area contributed by atoms with Gasteiger partial charge in [-0.2, -0.15) is 0 Å².